The predicted octanol–water partition coefficient (Wildman–Crippen LogP) is 2.60. The molecule has 1 atom stereocenters. The average molecular weight is 514 g/mol. The molecule has 3 amide bonds. The normalized spacial score (nSPS) is 21.6. The van der Waals surface area contributed by atoms with Gasteiger partial charge in [0.15, 0.2) is 0 Å². The Hall–Kier alpha value is -3.11. The predicted molar refractivity (Wildman–Crippen MR) is 130 cm³/mol. The molecular weight excluding hydrogens is 485 g/mol. The van der Waals surface area contributed by atoms with E-state index in [2.05, 4.69) is 5.32 Å². The summed E-state index contributed by atoms with van der Waals surface area (Å²) in [7, 11) is -3.48. The lowest BCUT2D eigenvalue weighted by Crippen LogP contribution is -2.52. The number of hydrogen-bond acceptors (Lipinski definition) is 5. The van der Waals surface area contributed by atoms with Crippen LogP contribution in [0.4, 0.5) is 4.39 Å². The molecule has 36 heavy (non-hydrogen) atoms. The molecule has 0 saturated carbocycles. The summed E-state index contributed by atoms with van der Waals surface area (Å²) < 4.78 is 42.5. The number of sulfonamides is 1. The Kier molecular flexibility index (Phi) is 6.42. The fourth-order valence-electron chi connectivity index (χ4n) is 5.35. The largest absolute Gasteiger partial charge is 0.322 e. The van der Waals surface area contributed by atoms with Gasteiger partial charge in [-0.1, -0.05) is 35.9 Å². The summed E-state index contributed by atoms with van der Waals surface area (Å²) in [6.45, 7) is 2.73. The summed E-state index contributed by atoms with van der Waals surface area (Å²) in [5, 5.41) is 2.26. The summed E-state index contributed by atoms with van der Waals surface area (Å²) in [5.41, 5.74) is 3.16. The third kappa shape index (κ3) is 4.67. The zero-order chi connectivity index (χ0) is 25.6. The number of carbonyl (C=O) groups excluding carboxylic acids is 3. The molecule has 1 unspecified atom stereocenters. The van der Waals surface area contributed by atoms with Crippen LogP contribution in [0.2, 0.25) is 0 Å². The average Bonchev–Trinajstić information content (AvgIpc) is 3.15. The molecule has 2 aromatic rings. The standard InChI is InChI=1S/C26H28FN3O5S/c1-16-2-4-17(5-3-16)15-36(34,35)29-10-8-18(9-11-29)20-12-19-14-30(26(33)21(19)13-22(20)27)23-6-7-24(31)28-25(23)32/h2-5,12-13,18,23H,6-11,14-15H2,1H3,(H,28,31,32). The number of imide groups is 1. The number of hydrogen-bond donors (Lipinski definition) is 1. The molecule has 2 aromatic carbocycles. The van der Waals surface area contributed by atoms with Crippen LogP contribution in [0.1, 0.15) is 64.2 Å². The number of nitrogens with zero attached hydrogens (tertiary/aromatic N) is 2. The molecule has 1 N–H and O–H groups in total. The van der Waals surface area contributed by atoms with E-state index in [0.29, 0.717) is 37.1 Å². The highest BCUT2D eigenvalue weighted by Crippen LogP contribution is 2.36. The van der Waals surface area contributed by atoms with Gasteiger partial charge in [-0.25, -0.2) is 17.1 Å². The zero-order valence-corrected chi connectivity index (χ0v) is 20.8. The van der Waals surface area contributed by atoms with E-state index in [-0.39, 0.29) is 42.5 Å². The minimum Gasteiger partial charge on any atom is -0.322 e. The summed E-state index contributed by atoms with van der Waals surface area (Å²) in [4.78, 5) is 38.0. The van der Waals surface area contributed by atoms with Crippen LogP contribution in [0.5, 0.6) is 0 Å². The van der Waals surface area contributed by atoms with Gasteiger partial charge in [0.25, 0.3) is 5.91 Å². The highest BCUT2D eigenvalue weighted by molar-refractivity contribution is 7.88. The number of halogens is 1. The Balaban J connectivity index is 1.27. The fourth-order valence-corrected chi connectivity index (χ4v) is 6.92. The third-order valence-electron chi connectivity index (χ3n) is 7.40. The molecule has 0 radical (unpaired) electrons. The molecule has 190 valence electrons. The number of benzene rings is 2. The van der Waals surface area contributed by atoms with Crippen LogP contribution >= 0.6 is 0 Å². The van der Waals surface area contributed by atoms with Crippen LogP contribution in [0.25, 0.3) is 0 Å². The Labute approximate surface area is 209 Å². The number of piperidine rings is 2. The Morgan fingerprint density at radius 3 is 2.39 bits per heavy atom. The summed E-state index contributed by atoms with van der Waals surface area (Å²) in [5.74, 6) is -2.01. The van der Waals surface area contributed by atoms with Gasteiger partial charge in [-0.2, -0.15) is 0 Å². The molecule has 0 aliphatic carbocycles. The van der Waals surface area contributed by atoms with Crippen molar-refractivity contribution in [3.8, 4) is 0 Å². The number of rotatable bonds is 5. The zero-order valence-electron chi connectivity index (χ0n) is 20.0. The lowest BCUT2D eigenvalue weighted by Gasteiger charge is -2.31. The highest BCUT2D eigenvalue weighted by atomic mass is 32.2. The van der Waals surface area contributed by atoms with E-state index in [1.807, 2.05) is 31.2 Å². The van der Waals surface area contributed by atoms with Gasteiger partial charge in [0.1, 0.15) is 11.9 Å². The van der Waals surface area contributed by atoms with Crippen LogP contribution in [-0.4, -0.2) is 54.5 Å². The number of carbonyl (C=O) groups is 3. The van der Waals surface area contributed by atoms with E-state index in [1.54, 1.807) is 6.07 Å². The number of aryl methyl sites for hydroxylation is 1. The van der Waals surface area contributed by atoms with Gasteiger partial charge in [0.2, 0.25) is 21.8 Å². The fraction of sp³-hybridized carbons (Fsp3) is 0.423. The van der Waals surface area contributed by atoms with Crippen molar-refractivity contribution in [2.24, 2.45) is 0 Å². The van der Waals surface area contributed by atoms with Crippen molar-refractivity contribution in [2.45, 2.75) is 56.9 Å². The summed E-state index contributed by atoms with van der Waals surface area (Å²) in [6, 6.07) is 9.59. The van der Waals surface area contributed by atoms with E-state index in [9.17, 15) is 22.8 Å². The van der Waals surface area contributed by atoms with Crippen molar-refractivity contribution < 1.29 is 27.2 Å². The van der Waals surface area contributed by atoms with Gasteiger partial charge in [0, 0.05) is 31.6 Å². The lowest BCUT2D eigenvalue weighted by atomic mass is 9.88. The van der Waals surface area contributed by atoms with E-state index in [1.165, 1.54) is 15.3 Å². The molecule has 3 aliphatic rings. The Morgan fingerprint density at radius 1 is 1.03 bits per heavy atom. The first-order valence-corrected chi connectivity index (χ1v) is 13.7. The van der Waals surface area contributed by atoms with E-state index in [0.717, 1.165) is 11.1 Å². The van der Waals surface area contributed by atoms with E-state index in [4.69, 9.17) is 0 Å². The minimum absolute atomic E-state index is 0.0660. The first-order chi connectivity index (χ1) is 17.1. The van der Waals surface area contributed by atoms with Crippen LogP contribution in [-0.2, 0) is 31.9 Å². The van der Waals surface area contributed by atoms with Gasteiger partial charge in [-0.3, -0.25) is 19.7 Å². The van der Waals surface area contributed by atoms with Gasteiger partial charge in [-0.05, 0) is 54.9 Å². The second-order valence-corrected chi connectivity index (χ2v) is 11.8. The molecule has 3 aliphatic heterocycles. The van der Waals surface area contributed by atoms with Gasteiger partial charge in [-0.15, -0.1) is 0 Å². The van der Waals surface area contributed by atoms with E-state index < -0.39 is 33.7 Å². The van der Waals surface area contributed by atoms with Gasteiger partial charge >= 0.3 is 0 Å². The van der Waals surface area contributed by atoms with Crippen molar-refractivity contribution in [1.82, 2.24) is 14.5 Å². The molecule has 2 saturated heterocycles. The quantitative estimate of drug-likeness (QED) is 0.619. The maximum atomic E-state index is 15.1. The van der Waals surface area contributed by atoms with Gasteiger partial charge in [0.05, 0.1) is 5.75 Å². The highest BCUT2D eigenvalue weighted by Gasteiger charge is 2.40. The second-order valence-electron chi connectivity index (χ2n) is 9.85. The maximum absolute atomic E-state index is 15.1. The summed E-state index contributed by atoms with van der Waals surface area (Å²) in [6.07, 6.45) is 1.36. The van der Waals surface area contributed by atoms with Crippen molar-refractivity contribution in [3.05, 3.63) is 70.0 Å². The number of fused-ring (bicyclic) bond motifs is 1. The molecule has 0 spiro atoms. The molecular formula is C26H28FN3O5S. The van der Waals surface area contributed by atoms with Crippen LogP contribution in [0.3, 0.4) is 0 Å². The Morgan fingerprint density at radius 2 is 1.72 bits per heavy atom. The molecule has 0 aromatic heterocycles. The number of amides is 3. The first-order valence-electron chi connectivity index (χ1n) is 12.1. The first kappa shape index (κ1) is 24.6. The van der Waals surface area contributed by atoms with Crippen molar-refractivity contribution >= 4 is 27.7 Å². The molecule has 10 heteroatoms. The summed E-state index contributed by atoms with van der Waals surface area (Å²) >= 11 is 0. The van der Waals surface area contributed by atoms with E-state index >= 15 is 4.39 Å². The molecule has 5 rings (SSSR count). The molecule has 0 bridgehead atoms. The van der Waals surface area contributed by atoms with Crippen molar-refractivity contribution in [1.29, 1.82) is 0 Å². The maximum Gasteiger partial charge on any atom is 0.255 e. The van der Waals surface area contributed by atoms with Crippen molar-refractivity contribution in [3.63, 3.8) is 0 Å². The molecule has 8 nitrogen and oxygen atoms in total. The third-order valence-corrected chi connectivity index (χ3v) is 9.25. The number of nitrogens with one attached hydrogen (secondary N) is 1. The molecule has 2 fully saturated rings. The van der Waals surface area contributed by atoms with Crippen LogP contribution in [0, 0.1) is 12.7 Å². The lowest BCUT2D eigenvalue weighted by molar-refractivity contribution is -0.136. The minimum atomic E-state index is -3.48. The smallest absolute Gasteiger partial charge is 0.255 e. The van der Waals surface area contributed by atoms with Crippen molar-refractivity contribution in [2.75, 3.05) is 13.1 Å². The SMILES string of the molecule is Cc1ccc(CS(=O)(=O)N2CCC(c3cc4c(cc3F)C(=O)N(C3CCC(=O)NC3=O)C4)CC2)cc1. The van der Waals surface area contributed by atoms with Crippen LogP contribution in [0.15, 0.2) is 36.4 Å². The second kappa shape index (κ2) is 9.40. The van der Waals surface area contributed by atoms with Crippen LogP contribution < -0.4 is 5.32 Å². The monoisotopic (exact) mass is 513 g/mol. The van der Waals surface area contributed by atoms with Gasteiger partial charge < -0.3 is 4.90 Å². The topological polar surface area (TPSA) is 104 Å². The Bertz CT molecular complexity index is 1330. The molecule has 3 heterocycles.